The third-order valence-electron chi connectivity index (χ3n) is 7.28. The quantitative estimate of drug-likeness (QED) is 0.127. The van der Waals surface area contributed by atoms with Gasteiger partial charge < -0.3 is 41.0 Å². The topological polar surface area (TPSA) is 154 Å². The van der Waals surface area contributed by atoms with E-state index in [1.165, 1.54) is 13.2 Å². The van der Waals surface area contributed by atoms with Gasteiger partial charge in [0.1, 0.15) is 5.78 Å². The fourth-order valence-corrected chi connectivity index (χ4v) is 4.89. The molecule has 7 N–H and O–H groups in total. The number of carbonyl (C=O) groups excluding carboxylic acids is 1. The maximum absolute atomic E-state index is 13.5. The van der Waals surface area contributed by atoms with Gasteiger partial charge in [0.05, 0.1) is 25.6 Å². The molecule has 2 aromatic rings. The SMILES string of the molecule is COc1cc(CCC(O)C(CC2=CCNC(N)=C2)C(=O)CCc2cc(O)c(O)c(OCCCC(C)C)c2)ccc1O. The van der Waals surface area contributed by atoms with E-state index in [-0.39, 0.29) is 35.2 Å². The van der Waals surface area contributed by atoms with Crippen LogP contribution in [0.5, 0.6) is 28.7 Å². The minimum Gasteiger partial charge on any atom is -0.504 e. The summed E-state index contributed by atoms with van der Waals surface area (Å²) in [6, 6.07) is 8.12. The summed E-state index contributed by atoms with van der Waals surface area (Å²) in [6.45, 7) is 5.22. The van der Waals surface area contributed by atoms with Gasteiger partial charge in [0.15, 0.2) is 23.0 Å². The number of Topliss-reactive ketones (excluding diaryl/α,β-unsaturated/α-hetero) is 1. The number of allylic oxidation sites excluding steroid dienone is 2. The van der Waals surface area contributed by atoms with Gasteiger partial charge in [-0.05, 0) is 91.5 Å². The molecule has 9 heteroatoms. The molecule has 0 amide bonds. The predicted molar refractivity (Wildman–Crippen MR) is 158 cm³/mol. The van der Waals surface area contributed by atoms with Gasteiger partial charge in [-0.3, -0.25) is 4.79 Å². The van der Waals surface area contributed by atoms with Crippen LogP contribution in [-0.2, 0) is 17.6 Å². The van der Waals surface area contributed by atoms with Crippen molar-refractivity contribution >= 4 is 5.78 Å². The number of aryl methyl sites for hydroxylation is 2. The normalized spacial score (nSPS) is 14.6. The van der Waals surface area contributed by atoms with E-state index in [1.54, 1.807) is 30.3 Å². The third-order valence-corrected chi connectivity index (χ3v) is 7.28. The zero-order valence-corrected chi connectivity index (χ0v) is 24.2. The average molecular weight is 569 g/mol. The highest BCUT2D eigenvalue weighted by Crippen LogP contribution is 2.37. The zero-order chi connectivity index (χ0) is 29.9. The van der Waals surface area contributed by atoms with Gasteiger partial charge in [0.25, 0.3) is 0 Å². The number of ether oxygens (including phenoxy) is 2. The van der Waals surface area contributed by atoms with Crippen molar-refractivity contribution in [1.82, 2.24) is 5.32 Å². The van der Waals surface area contributed by atoms with Gasteiger partial charge >= 0.3 is 0 Å². The number of aliphatic hydroxyl groups is 1. The number of aromatic hydroxyl groups is 3. The minimum atomic E-state index is -0.916. The number of hydrogen-bond acceptors (Lipinski definition) is 9. The van der Waals surface area contributed by atoms with Crippen molar-refractivity contribution in [3.8, 4) is 28.7 Å². The fourth-order valence-electron chi connectivity index (χ4n) is 4.89. The molecule has 0 saturated heterocycles. The van der Waals surface area contributed by atoms with Gasteiger partial charge in [0, 0.05) is 18.9 Å². The largest absolute Gasteiger partial charge is 0.504 e. The Morgan fingerprint density at radius 1 is 1.02 bits per heavy atom. The van der Waals surface area contributed by atoms with Crippen LogP contribution in [0.15, 0.2) is 53.9 Å². The molecular weight excluding hydrogens is 524 g/mol. The van der Waals surface area contributed by atoms with Crippen LogP contribution in [0.25, 0.3) is 0 Å². The Hall–Kier alpha value is -3.85. The van der Waals surface area contributed by atoms with Crippen LogP contribution in [-0.4, -0.2) is 52.6 Å². The van der Waals surface area contributed by atoms with Gasteiger partial charge in [-0.15, -0.1) is 0 Å². The summed E-state index contributed by atoms with van der Waals surface area (Å²) in [5.41, 5.74) is 8.34. The lowest BCUT2D eigenvalue weighted by molar-refractivity contribution is -0.126. The highest BCUT2D eigenvalue weighted by atomic mass is 16.5. The number of carbonyl (C=O) groups is 1. The van der Waals surface area contributed by atoms with Gasteiger partial charge in [0.2, 0.25) is 5.75 Å². The molecule has 0 saturated carbocycles. The van der Waals surface area contributed by atoms with Crippen LogP contribution in [0.2, 0.25) is 0 Å². The smallest absolute Gasteiger partial charge is 0.200 e. The van der Waals surface area contributed by atoms with Crippen molar-refractivity contribution in [2.75, 3.05) is 20.3 Å². The number of aliphatic hydroxyl groups excluding tert-OH is 1. The first-order valence-electron chi connectivity index (χ1n) is 14.2. The summed E-state index contributed by atoms with van der Waals surface area (Å²) >= 11 is 0. The van der Waals surface area contributed by atoms with Crippen LogP contribution in [0.3, 0.4) is 0 Å². The van der Waals surface area contributed by atoms with Crippen molar-refractivity contribution in [3.63, 3.8) is 0 Å². The van der Waals surface area contributed by atoms with Crippen molar-refractivity contribution in [3.05, 3.63) is 65.0 Å². The van der Waals surface area contributed by atoms with E-state index in [0.717, 1.165) is 24.0 Å². The Balaban J connectivity index is 1.70. The standard InChI is InChI=1S/C32H44N2O7/c1-20(2)5-4-14-41-30-18-22(16-28(38)32(30)39)8-10-26(36)24(15-23-12-13-34-31(33)19-23)25(35)9-6-21-7-11-27(37)29(17-21)40-3/h7,11-12,16-20,24-25,34-35,37-39H,4-6,8-10,13-15,33H2,1-3H3. The van der Waals surface area contributed by atoms with Gasteiger partial charge in [-0.2, -0.15) is 0 Å². The molecule has 1 heterocycles. The molecule has 0 aromatic heterocycles. The Bertz CT molecular complexity index is 1240. The van der Waals surface area contributed by atoms with Gasteiger partial charge in [-0.25, -0.2) is 0 Å². The Morgan fingerprint density at radius 2 is 1.78 bits per heavy atom. The van der Waals surface area contributed by atoms with E-state index in [1.807, 2.05) is 6.08 Å². The minimum absolute atomic E-state index is 0.0384. The number of benzene rings is 2. The molecule has 0 spiro atoms. The first kappa shape index (κ1) is 31.7. The van der Waals surface area contributed by atoms with E-state index < -0.39 is 12.0 Å². The van der Waals surface area contributed by atoms with Crippen LogP contribution >= 0.6 is 0 Å². The first-order valence-corrected chi connectivity index (χ1v) is 14.2. The Labute approximate surface area is 242 Å². The molecule has 2 aromatic carbocycles. The third kappa shape index (κ3) is 9.63. The van der Waals surface area contributed by atoms with E-state index in [4.69, 9.17) is 15.2 Å². The lowest BCUT2D eigenvalue weighted by Gasteiger charge is -2.24. The fraction of sp³-hybridized carbons (Fsp3) is 0.469. The van der Waals surface area contributed by atoms with Gasteiger partial charge in [-0.1, -0.05) is 26.0 Å². The second-order valence-electron chi connectivity index (χ2n) is 11.0. The molecule has 1 aliphatic rings. The maximum atomic E-state index is 13.5. The lowest BCUT2D eigenvalue weighted by atomic mass is 9.84. The molecule has 2 unspecified atom stereocenters. The van der Waals surface area contributed by atoms with E-state index in [2.05, 4.69) is 19.2 Å². The highest BCUT2D eigenvalue weighted by molar-refractivity contribution is 5.82. The second kappa shape index (κ2) is 15.2. The molecule has 3 rings (SSSR count). The number of rotatable bonds is 16. The molecule has 1 aliphatic heterocycles. The number of phenolic OH excluding ortho intramolecular Hbond substituents is 3. The highest BCUT2D eigenvalue weighted by Gasteiger charge is 2.28. The number of methoxy groups -OCH3 is 1. The van der Waals surface area contributed by atoms with Crippen LogP contribution in [0, 0.1) is 11.8 Å². The molecule has 224 valence electrons. The Morgan fingerprint density at radius 3 is 2.49 bits per heavy atom. The number of nitrogens with two attached hydrogens (primary N) is 1. The van der Waals surface area contributed by atoms with Crippen LogP contribution in [0.4, 0.5) is 0 Å². The number of nitrogens with one attached hydrogen (secondary N) is 1. The number of phenols is 3. The summed E-state index contributed by atoms with van der Waals surface area (Å²) < 4.78 is 10.9. The summed E-state index contributed by atoms with van der Waals surface area (Å²) in [5, 5.41) is 44.6. The molecule has 9 nitrogen and oxygen atoms in total. The second-order valence-corrected chi connectivity index (χ2v) is 11.0. The first-order chi connectivity index (χ1) is 19.6. The summed E-state index contributed by atoms with van der Waals surface area (Å²) in [7, 11) is 1.48. The monoisotopic (exact) mass is 568 g/mol. The van der Waals surface area contributed by atoms with E-state index in [0.29, 0.717) is 61.9 Å². The summed E-state index contributed by atoms with van der Waals surface area (Å²) in [5.74, 6) is 0.248. The molecule has 41 heavy (non-hydrogen) atoms. The lowest BCUT2D eigenvalue weighted by Crippen LogP contribution is -2.31. The van der Waals surface area contributed by atoms with E-state index >= 15 is 0 Å². The predicted octanol–water partition coefficient (Wildman–Crippen LogP) is 4.46. The molecule has 0 aliphatic carbocycles. The average Bonchev–Trinajstić information content (AvgIpc) is 2.94. The van der Waals surface area contributed by atoms with E-state index in [9.17, 15) is 25.2 Å². The Kier molecular flexibility index (Phi) is 11.8. The molecule has 0 radical (unpaired) electrons. The van der Waals surface area contributed by atoms with Crippen LogP contribution < -0.4 is 20.5 Å². The van der Waals surface area contributed by atoms with Crippen LogP contribution in [0.1, 0.15) is 57.1 Å². The number of hydrogen-bond donors (Lipinski definition) is 6. The zero-order valence-electron chi connectivity index (χ0n) is 24.2. The van der Waals surface area contributed by atoms with Crippen molar-refractivity contribution in [1.29, 1.82) is 0 Å². The molecule has 2 atom stereocenters. The van der Waals surface area contributed by atoms with Crippen molar-refractivity contribution in [2.45, 2.75) is 64.9 Å². The number of ketones is 1. The van der Waals surface area contributed by atoms with Crippen molar-refractivity contribution in [2.24, 2.45) is 17.6 Å². The number of dihydropyridines is 1. The summed E-state index contributed by atoms with van der Waals surface area (Å²) in [6.07, 6.45) is 6.24. The molecule has 0 fully saturated rings. The molecule has 0 bridgehead atoms. The maximum Gasteiger partial charge on any atom is 0.200 e. The molecular formula is C32H44N2O7. The summed E-state index contributed by atoms with van der Waals surface area (Å²) in [4.78, 5) is 13.5. The van der Waals surface area contributed by atoms with Crippen molar-refractivity contribution < 1.29 is 34.7 Å².